The fourth-order valence-corrected chi connectivity index (χ4v) is 1.79. The van der Waals surface area contributed by atoms with Gasteiger partial charge in [0.25, 0.3) is 0 Å². The maximum absolute atomic E-state index is 5.11. The summed E-state index contributed by atoms with van der Waals surface area (Å²) in [6.45, 7) is 8.22. The Morgan fingerprint density at radius 1 is 1.33 bits per heavy atom. The topological polar surface area (TPSA) is 9.23 Å². The van der Waals surface area contributed by atoms with Crippen LogP contribution in [-0.4, -0.2) is 6.61 Å². The first kappa shape index (κ1) is 9.37. The maximum Gasteiger partial charge on any atom is 0.108 e. The highest BCUT2D eigenvalue weighted by Crippen LogP contribution is 2.28. The van der Waals surface area contributed by atoms with Crippen LogP contribution in [0.5, 0.6) is 0 Å². The summed E-state index contributed by atoms with van der Waals surface area (Å²) in [4.78, 5) is 0. The lowest BCUT2D eigenvalue weighted by Gasteiger charge is -2.23. The molecule has 0 aromatic carbocycles. The Kier molecular flexibility index (Phi) is 3.92. The van der Waals surface area contributed by atoms with Crippen molar-refractivity contribution in [2.45, 2.75) is 32.1 Å². The zero-order valence-electron chi connectivity index (χ0n) is 7.72. The summed E-state index contributed by atoms with van der Waals surface area (Å²) in [5.41, 5.74) is 1.25. The molecule has 0 atom stereocenters. The van der Waals surface area contributed by atoms with Gasteiger partial charge < -0.3 is 4.74 Å². The first-order valence-corrected chi connectivity index (χ1v) is 4.74. The highest BCUT2D eigenvalue weighted by molar-refractivity contribution is 5.02. The number of ether oxygens (including phenoxy) is 1. The van der Waals surface area contributed by atoms with Crippen molar-refractivity contribution in [3.63, 3.8) is 0 Å². The molecule has 0 N–H and O–H groups in total. The largest absolute Gasteiger partial charge is 0.497 e. The second-order valence-electron chi connectivity index (χ2n) is 3.47. The Morgan fingerprint density at radius 3 is 2.58 bits per heavy atom. The predicted molar refractivity (Wildman–Crippen MR) is 51.9 cm³/mol. The van der Waals surface area contributed by atoms with Gasteiger partial charge in [-0.3, -0.25) is 0 Å². The van der Waals surface area contributed by atoms with Crippen molar-refractivity contribution in [1.29, 1.82) is 0 Å². The lowest BCUT2D eigenvalue weighted by molar-refractivity contribution is 0.258. The first-order chi connectivity index (χ1) is 5.84. The van der Waals surface area contributed by atoms with Crippen LogP contribution in [0, 0.1) is 5.92 Å². The zero-order valence-corrected chi connectivity index (χ0v) is 7.72. The second kappa shape index (κ2) is 5.02. The van der Waals surface area contributed by atoms with E-state index in [-0.39, 0.29) is 0 Å². The molecule has 0 aromatic heterocycles. The highest BCUT2D eigenvalue weighted by atomic mass is 16.5. The maximum atomic E-state index is 5.11. The summed E-state index contributed by atoms with van der Waals surface area (Å²) < 4.78 is 5.11. The van der Waals surface area contributed by atoms with Crippen LogP contribution in [0.4, 0.5) is 0 Å². The Bertz CT molecular complexity index is 154. The third kappa shape index (κ3) is 2.72. The summed E-state index contributed by atoms with van der Waals surface area (Å²) in [7, 11) is 0. The normalized spacial score (nSPS) is 18.7. The minimum absolute atomic E-state index is 0.661. The molecule has 68 valence electrons. The quantitative estimate of drug-likeness (QED) is 0.460. The molecule has 0 aromatic rings. The van der Waals surface area contributed by atoms with Crippen LogP contribution < -0.4 is 0 Å². The van der Waals surface area contributed by atoms with Gasteiger partial charge in [0.15, 0.2) is 0 Å². The average Bonchev–Trinajstić information content (AvgIpc) is 2.15. The number of hydrogen-bond donors (Lipinski definition) is 0. The van der Waals surface area contributed by atoms with Crippen molar-refractivity contribution in [2.75, 3.05) is 6.61 Å². The fraction of sp³-hybridized carbons (Fsp3) is 0.636. The van der Waals surface area contributed by atoms with Crippen LogP contribution in [0.3, 0.4) is 0 Å². The molecule has 0 amide bonds. The van der Waals surface area contributed by atoms with Crippen molar-refractivity contribution in [1.82, 2.24) is 0 Å². The van der Waals surface area contributed by atoms with Gasteiger partial charge in [0.2, 0.25) is 0 Å². The summed E-state index contributed by atoms with van der Waals surface area (Å²) >= 11 is 0. The van der Waals surface area contributed by atoms with Crippen molar-refractivity contribution < 1.29 is 4.74 Å². The van der Waals surface area contributed by atoms with Gasteiger partial charge in [-0.15, -0.1) is 0 Å². The standard InChI is InChI=1S/C11H18O/c1-3-12-9-10(2)11-7-5-4-6-8-11/h3,11H,1-2,4-9H2. The van der Waals surface area contributed by atoms with Crippen LogP contribution in [0.25, 0.3) is 0 Å². The van der Waals surface area contributed by atoms with Gasteiger partial charge in [-0.1, -0.05) is 32.4 Å². The molecule has 0 spiro atoms. The van der Waals surface area contributed by atoms with Crippen LogP contribution in [0.2, 0.25) is 0 Å². The van der Waals surface area contributed by atoms with Crippen LogP contribution >= 0.6 is 0 Å². The van der Waals surface area contributed by atoms with Gasteiger partial charge >= 0.3 is 0 Å². The van der Waals surface area contributed by atoms with Gasteiger partial charge in [0.1, 0.15) is 6.61 Å². The Hall–Kier alpha value is -0.720. The van der Waals surface area contributed by atoms with E-state index in [1.165, 1.54) is 43.9 Å². The molecule has 1 nitrogen and oxygen atoms in total. The molecule has 1 fully saturated rings. The Morgan fingerprint density at radius 2 is 2.00 bits per heavy atom. The van der Waals surface area contributed by atoms with Crippen molar-refractivity contribution in [3.05, 3.63) is 25.0 Å². The van der Waals surface area contributed by atoms with E-state index in [1.807, 2.05) is 0 Å². The fourth-order valence-electron chi connectivity index (χ4n) is 1.79. The summed E-state index contributed by atoms with van der Waals surface area (Å²) in [6.07, 6.45) is 8.22. The summed E-state index contributed by atoms with van der Waals surface area (Å²) in [6, 6.07) is 0. The van der Waals surface area contributed by atoms with Gasteiger partial charge in [0, 0.05) is 0 Å². The van der Waals surface area contributed by atoms with E-state index in [9.17, 15) is 0 Å². The van der Waals surface area contributed by atoms with Crippen LogP contribution in [-0.2, 0) is 4.74 Å². The number of hydrogen-bond acceptors (Lipinski definition) is 1. The molecule has 0 heterocycles. The average molecular weight is 166 g/mol. The van der Waals surface area contributed by atoms with Gasteiger partial charge in [-0.05, 0) is 24.3 Å². The van der Waals surface area contributed by atoms with E-state index < -0.39 is 0 Å². The SMILES string of the molecule is C=COCC(=C)C1CCCCC1. The molecule has 0 bridgehead atoms. The van der Waals surface area contributed by atoms with Crippen LogP contribution in [0.1, 0.15) is 32.1 Å². The van der Waals surface area contributed by atoms with Gasteiger partial charge in [-0.2, -0.15) is 0 Å². The molecule has 0 saturated heterocycles. The lowest BCUT2D eigenvalue weighted by atomic mass is 9.85. The van der Waals surface area contributed by atoms with Crippen LogP contribution in [0.15, 0.2) is 25.0 Å². The highest BCUT2D eigenvalue weighted by Gasteiger charge is 2.15. The molecule has 12 heavy (non-hydrogen) atoms. The molecular weight excluding hydrogens is 148 g/mol. The smallest absolute Gasteiger partial charge is 0.108 e. The van der Waals surface area contributed by atoms with Crippen molar-refractivity contribution in [2.24, 2.45) is 5.92 Å². The molecule has 1 aliphatic rings. The predicted octanol–water partition coefficient (Wildman–Crippen LogP) is 3.28. The molecule has 1 saturated carbocycles. The lowest BCUT2D eigenvalue weighted by Crippen LogP contribution is -2.11. The summed E-state index contributed by atoms with van der Waals surface area (Å²) in [5, 5.41) is 0. The third-order valence-electron chi connectivity index (χ3n) is 2.57. The van der Waals surface area contributed by atoms with E-state index in [2.05, 4.69) is 13.2 Å². The monoisotopic (exact) mass is 166 g/mol. The van der Waals surface area contributed by atoms with E-state index in [4.69, 9.17) is 4.74 Å². The molecule has 1 rings (SSSR count). The molecule has 0 unspecified atom stereocenters. The first-order valence-electron chi connectivity index (χ1n) is 4.74. The number of rotatable bonds is 4. The molecule has 0 radical (unpaired) electrons. The van der Waals surface area contributed by atoms with Gasteiger partial charge in [0.05, 0.1) is 6.26 Å². The van der Waals surface area contributed by atoms with E-state index in [1.54, 1.807) is 0 Å². The van der Waals surface area contributed by atoms with E-state index >= 15 is 0 Å². The van der Waals surface area contributed by atoms with E-state index in [0.29, 0.717) is 12.5 Å². The zero-order chi connectivity index (χ0) is 8.81. The third-order valence-corrected chi connectivity index (χ3v) is 2.57. The molecule has 0 aliphatic heterocycles. The Balaban J connectivity index is 2.24. The van der Waals surface area contributed by atoms with Crippen molar-refractivity contribution >= 4 is 0 Å². The minimum Gasteiger partial charge on any atom is -0.497 e. The minimum atomic E-state index is 0.661. The molecule has 1 heteroatoms. The second-order valence-corrected chi connectivity index (χ2v) is 3.47. The van der Waals surface area contributed by atoms with Crippen molar-refractivity contribution in [3.8, 4) is 0 Å². The van der Waals surface area contributed by atoms with E-state index in [0.717, 1.165) is 0 Å². The Labute approximate surface area is 75.1 Å². The molecular formula is C11H18O. The molecule has 1 aliphatic carbocycles. The summed E-state index contributed by atoms with van der Waals surface area (Å²) in [5.74, 6) is 0.707. The van der Waals surface area contributed by atoms with Gasteiger partial charge in [-0.25, -0.2) is 0 Å².